The lowest BCUT2D eigenvalue weighted by Crippen LogP contribution is -2.17. The number of H-pyrrole nitrogens is 1. The van der Waals surface area contributed by atoms with Crippen LogP contribution in [0.25, 0.3) is 26.6 Å². The third-order valence-corrected chi connectivity index (χ3v) is 5.96. The highest BCUT2D eigenvalue weighted by Gasteiger charge is 2.17. The Morgan fingerprint density at radius 2 is 1.87 bits per heavy atom. The van der Waals surface area contributed by atoms with E-state index in [1.54, 1.807) is 12.4 Å². The molecule has 5 rings (SSSR count). The van der Waals surface area contributed by atoms with Gasteiger partial charge in [-0.05, 0) is 30.2 Å². The Balaban J connectivity index is 1.52. The molecule has 3 heterocycles. The van der Waals surface area contributed by atoms with Crippen molar-refractivity contribution in [3.8, 4) is 16.4 Å². The van der Waals surface area contributed by atoms with E-state index in [1.165, 1.54) is 16.0 Å². The van der Waals surface area contributed by atoms with Crippen LogP contribution >= 0.6 is 11.3 Å². The molecule has 0 amide bonds. The van der Waals surface area contributed by atoms with Gasteiger partial charge in [0.25, 0.3) is 5.56 Å². The summed E-state index contributed by atoms with van der Waals surface area (Å²) < 4.78 is 2.54. The summed E-state index contributed by atoms with van der Waals surface area (Å²) in [6, 6.07) is 21.6. The van der Waals surface area contributed by atoms with E-state index in [2.05, 4.69) is 20.1 Å². The van der Waals surface area contributed by atoms with Crippen molar-refractivity contribution in [1.29, 1.82) is 0 Å². The molecule has 5 aromatic rings. The number of aromatic amines is 1. The summed E-state index contributed by atoms with van der Waals surface area (Å²) in [5, 5.41) is 3.86. The van der Waals surface area contributed by atoms with E-state index in [-0.39, 0.29) is 5.56 Å². The average Bonchev–Trinajstić information content (AvgIpc) is 3.39. The van der Waals surface area contributed by atoms with Gasteiger partial charge in [0.1, 0.15) is 0 Å². The second-order valence-electron chi connectivity index (χ2n) is 7.02. The van der Waals surface area contributed by atoms with Gasteiger partial charge in [-0.1, -0.05) is 59.9 Å². The Hall–Kier alpha value is -3.84. The van der Waals surface area contributed by atoms with E-state index in [0.29, 0.717) is 17.2 Å². The van der Waals surface area contributed by atoms with Gasteiger partial charge in [0.15, 0.2) is 0 Å². The highest BCUT2D eigenvalue weighted by atomic mass is 32.1. The molecule has 31 heavy (non-hydrogen) atoms. The molecule has 7 heteroatoms. The molecule has 3 aromatic heterocycles. The van der Waals surface area contributed by atoms with Crippen LogP contribution in [0.4, 0.5) is 0 Å². The summed E-state index contributed by atoms with van der Waals surface area (Å²) in [4.78, 5) is 26.6. The van der Waals surface area contributed by atoms with E-state index < -0.39 is 0 Å². The number of nitrogens with zero attached hydrogens (tertiary/aromatic N) is 4. The maximum Gasteiger partial charge on any atom is 0.282 e. The fourth-order valence-electron chi connectivity index (χ4n) is 3.38. The number of thiazole rings is 1. The van der Waals surface area contributed by atoms with Crippen molar-refractivity contribution >= 4 is 27.8 Å². The summed E-state index contributed by atoms with van der Waals surface area (Å²) in [5.74, 6) is 0. The molecule has 1 N–H and O–H groups in total. The number of hydrogen-bond acceptors (Lipinski definition) is 5. The number of hydrogen-bond donors (Lipinski definition) is 1. The fraction of sp³-hybridized carbons (Fsp3) is 0.0833. The monoisotopic (exact) mass is 425 g/mol. The van der Waals surface area contributed by atoms with Gasteiger partial charge in [0.2, 0.25) is 5.13 Å². The largest absolute Gasteiger partial charge is 0.292 e. The van der Waals surface area contributed by atoms with Crippen LogP contribution in [0.5, 0.6) is 0 Å². The maximum absolute atomic E-state index is 13.3. The van der Waals surface area contributed by atoms with Crippen LogP contribution in [0, 0.1) is 0 Å². The zero-order valence-electron chi connectivity index (χ0n) is 16.6. The molecule has 0 saturated carbocycles. The van der Waals surface area contributed by atoms with E-state index in [4.69, 9.17) is 0 Å². The minimum atomic E-state index is -0.164. The first-order valence-corrected chi connectivity index (χ1v) is 10.8. The second-order valence-corrected chi connectivity index (χ2v) is 8.03. The van der Waals surface area contributed by atoms with Crippen molar-refractivity contribution in [3.63, 3.8) is 0 Å². The summed E-state index contributed by atoms with van der Waals surface area (Å²) >= 11 is 1.48. The van der Waals surface area contributed by atoms with Crippen molar-refractivity contribution in [3.05, 3.63) is 101 Å². The van der Waals surface area contributed by atoms with Crippen LogP contribution in [0.1, 0.15) is 11.1 Å². The lowest BCUT2D eigenvalue weighted by Gasteiger charge is -1.99. The zero-order chi connectivity index (χ0) is 21.0. The summed E-state index contributed by atoms with van der Waals surface area (Å²) in [7, 11) is 0. The van der Waals surface area contributed by atoms with Crippen molar-refractivity contribution in [2.45, 2.75) is 6.42 Å². The van der Waals surface area contributed by atoms with Crippen LogP contribution < -0.4 is 5.56 Å². The minimum Gasteiger partial charge on any atom is -0.292 e. The molecule has 0 fully saturated rings. The lowest BCUT2D eigenvalue weighted by atomic mass is 10.1. The van der Waals surface area contributed by atoms with Gasteiger partial charge in [0.05, 0.1) is 21.5 Å². The number of nitrogens with one attached hydrogen (secondary N) is 1. The topological polar surface area (TPSA) is 75.9 Å². The van der Waals surface area contributed by atoms with Crippen molar-refractivity contribution < 1.29 is 0 Å². The van der Waals surface area contributed by atoms with Gasteiger partial charge in [-0.25, -0.2) is 4.98 Å². The molecule has 0 aliphatic heterocycles. The van der Waals surface area contributed by atoms with Crippen molar-refractivity contribution in [2.24, 2.45) is 4.99 Å². The van der Waals surface area contributed by atoms with Gasteiger partial charge in [-0.3, -0.25) is 19.9 Å². The molecular formula is C24H19N5OS. The van der Waals surface area contributed by atoms with E-state index in [9.17, 15) is 4.79 Å². The number of benzene rings is 2. The Kier molecular flexibility index (Phi) is 5.24. The van der Waals surface area contributed by atoms with Gasteiger partial charge in [-0.2, -0.15) is 4.68 Å². The van der Waals surface area contributed by atoms with Crippen LogP contribution in [-0.4, -0.2) is 32.5 Å². The third kappa shape index (κ3) is 3.95. The van der Waals surface area contributed by atoms with Gasteiger partial charge in [0, 0.05) is 30.7 Å². The predicted octanol–water partition coefficient (Wildman–Crippen LogP) is 4.50. The van der Waals surface area contributed by atoms with Crippen molar-refractivity contribution in [2.75, 3.05) is 6.54 Å². The van der Waals surface area contributed by atoms with Gasteiger partial charge >= 0.3 is 0 Å². The lowest BCUT2D eigenvalue weighted by molar-refractivity contribution is 0.845. The molecule has 152 valence electrons. The average molecular weight is 426 g/mol. The number of aromatic nitrogens is 4. The molecule has 0 unspecified atom stereocenters. The molecule has 0 aliphatic carbocycles. The maximum atomic E-state index is 13.3. The van der Waals surface area contributed by atoms with Crippen LogP contribution in [0.3, 0.4) is 0 Å². The Labute approximate surface area is 182 Å². The summed E-state index contributed by atoms with van der Waals surface area (Å²) in [6.45, 7) is 0.575. The van der Waals surface area contributed by atoms with Gasteiger partial charge < -0.3 is 0 Å². The number of fused-ring (bicyclic) bond motifs is 1. The predicted molar refractivity (Wildman–Crippen MR) is 125 cm³/mol. The molecule has 2 aromatic carbocycles. The standard InChI is InChI=1S/C24H19N5OS/c30-23-19(16-26-14-12-17-7-6-13-25-15-17)22(18-8-2-1-3-9-18)28-29(23)24-27-20-10-4-5-11-21(20)31-24/h1-11,13,15-16,28H,12,14H2. The van der Waals surface area contributed by atoms with E-state index in [1.807, 2.05) is 72.9 Å². The molecular weight excluding hydrogens is 406 g/mol. The van der Waals surface area contributed by atoms with E-state index >= 15 is 0 Å². The molecule has 0 radical (unpaired) electrons. The first-order chi connectivity index (χ1) is 15.3. The Morgan fingerprint density at radius 1 is 1.03 bits per heavy atom. The van der Waals surface area contributed by atoms with Crippen molar-refractivity contribution in [1.82, 2.24) is 19.7 Å². The first-order valence-electron chi connectivity index (χ1n) is 9.95. The minimum absolute atomic E-state index is 0.164. The fourth-order valence-corrected chi connectivity index (χ4v) is 4.31. The summed E-state index contributed by atoms with van der Waals surface area (Å²) in [5.41, 5.74) is 4.00. The molecule has 0 atom stereocenters. The Bertz CT molecular complexity index is 1370. The van der Waals surface area contributed by atoms with Gasteiger partial charge in [-0.15, -0.1) is 0 Å². The number of pyridine rings is 1. The Morgan fingerprint density at radius 3 is 2.68 bits per heavy atom. The molecule has 6 nitrogen and oxygen atoms in total. The normalized spacial score (nSPS) is 11.5. The second kappa shape index (κ2) is 8.49. The highest BCUT2D eigenvalue weighted by Crippen LogP contribution is 2.25. The number of rotatable bonds is 6. The van der Waals surface area contributed by atoms with Crippen LogP contribution in [0.2, 0.25) is 0 Å². The molecule has 0 spiro atoms. The van der Waals surface area contributed by atoms with Crippen LogP contribution in [0.15, 0.2) is 88.9 Å². The SMILES string of the molecule is O=c1c(C=NCCc2cccnc2)c(-c2ccccc2)[nH]n1-c1nc2ccccc2s1. The molecule has 0 aliphatic rings. The van der Waals surface area contributed by atoms with Crippen LogP contribution in [-0.2, 0) is 6.42 Å². The quantitative estimate of drug-likeness (QED) is 0.407. The van der Waals surface area contributed by atoms with E-state index in [0.717, 1.165) is 33.5 Å². The molecule has 0 saturated heterocycles. The third-order valence-electron chi connectivity index (χ3n) is 4.94. The number of para-hydroxylation sites is 1. The smallest absolute Gasteiger partial charge is 0.282 e. The highest BCUT2D eigenvalue weighted by molar-refractivity contribution is 7.20. The molecule has 0 bridgehead atoms. The first kappa shape index (κ1) is 19.1. The number of aliphatic imine (C=N–C) groups is 1. The summed E-state index contributed by atoms with van der Waals surface area (Å²) in [6.07, 6.45) is 6.02. The zero-order valence-corrected chi connectivity index (χ0v) is 17.4.